The van der Waals surface area contributed by atoms with E-state index in [9.17, 15) is 14.7 Å². The number of aryl methyl sites for hydroxylation is 1. The highest BCUT2D eigenvalue weighted by atomic mass is 16.5. The van der Waals surface area contributed by atoms with Gasteiger partial charge in [0.2, 0.25) is 0 Å². The second kappa shape index (κ2) is 15.1. The number of carboxylic acids is 1. The maximum atomic E-state index is 13.5. The molecule has 0 saturated carbocycles. The minimum Gasteiger partial charge on any atom is -0.497 e. The number of benzene rings is 4. The average molecular weight is 607 g/mol. The van der Waals surface area contributed by atoms with Crippen molar-refractivity contribution < 1.29 is 38.4 Å². The number of carbonyl (C=O) groups is 2. The number of carboxylic acid groups (broad SMARTS) is 1. The van der Waals surface area contributed by atoms with E-state index in [0.29, 0.717) is 22.6 Å². The first-order chi connectivity index (χ1) is 21.8. The SMILES string of the molecule is COC(=O)/C(=C(OC)\C(OC)=C(/C(=O)O)c1cc(C)ccc1C=Cc1ccccc1)c1ccccc1Oc1cccc(OC)c1. The molecule has 45 heavy (non-hydrogen) atoms. The van der Waals surface area contributed by atoms with Crippen LogP contribution in [0.15, 0.2) is 109 Å². The molecule has 230 valence electrons. The predicted octanol–water partition coefficient (Wildman–Crippen LogP) is 7.64. The van der Waals surface area contributed by atoms with E-state index < -0.39 is 11.9 Å². The van der Waals surface area contributed by atoms with Gasteiger partial charge in [-0.05, 0) is 36.2 Å². The highest BCUT2D eigenvalue weighted by molar-refractivity contribution is 6.22. The minimum absolute atomic E-state index is 0.0943. The van der Waals surface area contributed by atoms with Gasteiger partial charge in [-0.2, -0.15) is 0 Å². The van der Waals surface area contributed by atoms with E-state index in [2.05, 4.69) is 0 Å². The maximum absolute atomic E-state index is 13.5. The number of ether oxygens (including phenoxy) is 5. The third kappa shape index (κ3) is 7.61. The third-order valence-electron chi connectivity index (χ3n) is 6.83. The summed E-state index contributed by atoms with van der Waals surface area (Å²) in [5, 5.41) is 10.6. The first kappa shape index (κ1) is 32.2. The van der Waals surface area contributed by atoms with Gasteiger partial charge >= 0.3 is 11.9 Å². The number of methoxy groups -OCH3 is 4. The average Bonchev–Trinajstić information content (AvgIpc) is 3.06. The number of aliphatic carboxylic acids is 1. The van der Waals surface area contributed by atoms with Gasteiger partial charge in [0, 0.05) is 17.2 Å². The molecule has 0 aliphatic heterocycles. The summed E-state index contributed by atoms with van der Waals surface area (Å²) >= 11 is 0. The highest BCUT2D eigenvalue weighted by Crippen LogP contribution is 2.38. The third-order valence-corrected chi connectivity index (χ3v) is 6.83. The molecule has 8 heteroatoms. The van der Waals surface area contributed by atoms with Gasteiger partial charge in [-0.3, -0.25) is 0 Å². The van der Waals surface area contributed by atoms with Crippen LogP contribution in [0.1, 0.15) is 27.8 Å². The largest absolute Gasteiger partial charge is 0.497 e. The van der Waals surface area contributed by atoms with E-state index in [1.54, 1.807) is 61.7 Å². The number of para-hydroxylation sites is 1. The van der Waals surface area contributed by atoms with Crippen LogP contribution in [0.2, 0.25) is 0 Å². The van der Waals surface area contributed by atoms with Crippen LogP contribution in [0.5, 0.6) is 17.2 Å². The summed E-state index contributed by atoms with van der Waals surface area (Å²) in [4.78, 5) is 26.5. The van der Waals surface area contributed by atoms with Crippen molar-refractivity contribution in [2.24, 2.45) is 0 Å². The van der Waals surface area contributed by atoms with E-state index in [0.717, 1.165) is 11.1 Å². The van der Waals surface area contributed by atoms with Crippen LogP contribution >= 0.6 is 0 Å². The number of rotatable bonds is 12. The lowest BCUT2D eigenvalue weighted by atomic mass is 9.93. The molecule has 0 atom stereocenters. The van der Waals surface area contributed by atoms with Crippen LogP contribution in [-0.2, 0) is 23.8 Å². The molecule has 4 aromatic rings. The van der Waals surface area contributed by atoms with Crippen LogP contribution < -0.4 is 9.47 Å². The summed E-state index contributed by atoms with van der Waals surface area (Å²) in [6, 6.07) is 28.9. The summed E-state index contributed by atoms with van der Waals surface area (Å²) in [5.41, 5.74) is 2.73. The molecule has 0 unspecified atom stereocenters. The van der Waals surface area contributed by atoms with Gasteiger partial charge in [0.15, 0.2) is 11.5 Å². The normalized spacial score (nSPS) is 12.1. The van der Waals surface area contributed by atoms with Gasteiger partial charge in [-0.1, -0.05) is 90.5 Å². The zero-order valence-corrected chi connectivity index (χ0v) is 25.7. The lowest BCUT2D eigenvalue weighted by molar-refractivity contribution is -0.134. The van der Waals surface area contributed by atoms with Crippen molar-refractivity contribution in [3.8, 4) is 17.2 Å². The zero-order valence-electron chi connectivity index (χ0n) is 25.7. The second-order valence-corrected chi connectivity index (χ2v) is 9.73. The Balaban J connectivity index is 1.99. The molecule has 0 fully saturated rings. The first-order valence-electron chi connectivity index (χ1n) is 13.9. The van der Waals surface area contributed by atoms with Crippen molar-refractivity contribution in [2.75, 3.05) is 28.4 Å². The number of hydrogen-bond acceptors (Lipinski definition) is 7. The van der Waals surface area contributed by atoms with E-state index in [-0.39, 0.29) is 34.0 Å². The molecule has 0 amide bonds. The van der Waals surface area contributed by atoms with E-state index in [4.69, 9.17) is 23.7 Å². The quantitative estimate of drug-likeness (QED) is 0.0577. The van der Waals surface area contributed by atoms with Gasteiger partial charge in [-0.25, -0.2) is 9.59 Å². The van der Waals surface area contributed by atoms with Crippen LogP contribution in [0, 0.1) is 6.92 Å². The van der Waals surface area contributed by atoms with Gasteiger partial charge in [-0.15, -0.1) is 0 Å². The van der Waals surface area contributed by atoms with Gasteiger partial charge in [0.25, 0.3) is 0 Å². The van der Waals surface area contributed by atoms with Crippen LogP contribution in [0.25, 0.3) is 23.3 Å². The number of carbonyl (C=O) groups excluding carboxylic acids is 1. The smallest absolute Gasteiger partial charge is 0.342 e. The Labute approximate surface area is 262 Å². The number of hydrogen-bond donors (Lipinski definition) is 1. The van der Waals surface area contributed by atoms with Crippen LogP contribution in [-0.4, -0.2) is 45.5 Å². The molecule has 0 radical (unpaired) electrons. The Hall–Kier alpha value is -5.76. The fourth-order valence-electron chi connectivity index (χ4n) is 4.71. The fourth-order valence-corrected chi connectivity index (χ4v) is 4.71. The van der Waals surface area contributed by atoms with Crippen molar-refractivity contribution in [1.82, 2.24) is 0 Å². The van der Waals surface area contributed by atoms with E-state index in [1.807, 2.05) is 61.5 Å². The molecule has 8 nitrogen and oxygen atoms in total. The monoisotopic (exact) mass is 606 g/mol. The Kier molecular flexibility index (Phi) is 10.8. The molecule has 0 bridgehead atoms. The molecule has 0 aliphatic rings. The van der Waals surface area contributed by atoms with E-state index in [1.165, 1.54) is 21.3 Å². The van der Waals surface area contributed by atoms with Crippen molar-refractivity contribution in [1.29, 1.82) is 0 Å². The fraction of sp³-hybridized carbons (Fsp3) is 0.135. The Morgan fingerprint density at radius 1 is 0.644 bits per heavy atom. The van der Waals surface area contributed by atoms with Crippen molar-refractivity contribution in [3.05, 3.63) is 136 Å². The van der Waals surface area contributed by atoms with Crippen LogP contribution in [0.3, 0.4) is 0 Å². The molecule has 0 heterocycles. The molecular formula is C37H34O8. The van der Waals surface area contributed by atoms with Crippen LogP contribution in [0.4, 0.5) is 0 Å². The summed E-state index contributed by atoms with van der Waals surface area (Å²) < 4.78 is 28.2. The molecule has 4 aromatic carbocycles. The molecule has 0 saturated heterocycles. The summed E-state index contributed by atoms with van der Waals surface area (Å²) in [7, 11) is 5.42. The molecular weight excluding hydrogens is 572 g/mol. The second-order valence-electron chi connectivity index (χ2n) is 9.73. The van der Waals surface area contributed by atoms with Gasteiger partial charge < -0.3 is 28.8 Å². The topological polar surface area (TPSA) is 101 Å². The molecule has 0 spiro atoms. The summed E-state index contributed by atoms with van der Waals surface area (Å²) in [6.07, 6.45) is 3.72. The lowest BCUT2D eigenvalue weighted by Crippen LogP contribution is -2.15. The van der Waals surface area contributed by atoms with Crippen molar-refractivity contribution in [2.45, 2.75) is 6.92 Å². The van der Waals surface area contributed by atoms with Crippen molar-refractivity contribution in [3.63, 3.8) is 0 Å². The molecule has 0 aliphatic carbocycles. The lowest BCUT2D eigenvalue weighted by Gasteiger charge is -2.20. The molecule has 4 rings (SSSR count). The summed E-state index contributed by atoms with van der Waals surface area (Å²) in [5.74, 6) is -1.09. The highest BCUT2D eigenvalue weighted by Gasteiger charge is 2.31. The Morgan fingerprint density at radius 3 is 1.98 bits per heavy atom. The predicted molar refractivity (Wildman–Crippen MR) is 174 cm³/mol. The first-order valence-corrected chi connectivity index (χ1v) is 13.9. The summed E-state index contributed by atoms with van der Waals surface area (Å²) in [6.45, 7) is 1.86. The molecule has 1 N–H and O–H groups in total. The molecule has 0 aromatic heterocycles. The minimum atomic E-state index is -1.29. The van der Waals surface area contributed by atoms with Gasteiger partial charge in [0.05, 0.1) is 28.4 Å². The standard InChI is InChI=1S/C37H34O8/c1-24-18-20-26(21-19-25-12-7-6-8-13-25)30(22-24)32(36(38)39)34(42-3)35(43-4)33(37(40)44-5)29-16-9-10-17-31(29)45-28-15-11-14-27(23-28)41-2/h6-23H,1-5H3,(H,38,39)/b21-19?,34-32+,35-33+. The number of esters is 1. The van der Waals surface area contributed by atoms with Crippen molar-refractivity contribution >= 4 is 35.2 Å². The van der Waals surface area contributed by atoms with Gasteiger partial charge in [0.1, 0.15) is 28.4 Å². The Morgan fingerprint density at radius 2 is 1.31 bits per heavy atom. The maximum Gasteiger partial charge on any atom is 0.342 e. The van der Waals surface area contributed by atoms with E-state index >= 15 is 0 Å². The zero-order chi connectivity index (χ0) is 32.3. The Bertz CT molecular complexity index is 1770.